The van der Waals surface area contributed by atoms with Crippen LogP contribution in [0.1, 0.15) is 17.3 Å². The highest BCUT2D eigenvalue weighted by Crippen LogP contribution is 2.30. The molecule has 2 aromatic carbocycles. The number of aromatic hydroxyl groups is 1. The Hall–Kier alpha value is -3.38. The van der Waals surface area contributed by atoms with Crippen LogP contribution in [0.3, 0.4) is 0 Å². The summed E-state index contributed by atoms with van der Waals surface area (Å²) < 4.78 is 0. The van der Waals surface area contributed by atoms with Crippen LogP contribution in [-0.2, 0) is 6.42 Å². The Kier molecular flexibility index (Phi) is 5.77. The largest absolute Gasteiger partial charge is 0.508 e. The second-order valence-corrected chi connectivity index (χ2v) is 8.52. The normalized spacial score (nSPS) is 18.6. The predicted octanol–water partition coefficient (Wildman–Crippen LogP) is 2.15. The minimum Gasteiger partial charge on any atom is -0.508 e. The molecule has 164 valence electrons. The highest BCUT2D eigenvalue weighted by molar-refractivity contribution is 5.47. The number of hydrogen-bond donors (Lipinski definition) is 1. The van der Waals surface area contributed by atoms with E-state index in [4.69, 9.17) is 9.98 Å². The van der Waals surface area contributed by atoms with E-state index < -0.39 is 0 Å². The van der Waals surface area contributed by atoms with Gasteiger partial charge >= 0.3 is 0 Å². The lowest BCUT2D eigenvalue weighted by atomic mass is 10.1. The number of fused-ring (bicyclic) bond motifs is 1. The Balaban J connectivity index is 1.55. The van der Waals surface area contributed by atoms with Crippen molar-refractivity contribution in [2.75, 3.05) is 44.7 Å². The third kappa shape index (κ3) is 4.18. The van der Waals surface area contributed by atoms with Crippen LogP contribution in [0.4, 0.5) is 5.82 Å². The molecular formula is C26H29N5O. The van der Waals surface area contributed by atoms with Crippen LogP contribution in [-0.4, -0.2) is 59.7 Å². The average molecular weight is 428 g/mol. The zero-order chi connectivity index (χ0) is 21.9. The van der Waals surface area contributed by atoms with E-state index in [1.54, 1.807) is 6.07 Å². The molecule has 6 heteroatoms. The molecule has 1 unspecified atom stereocenters. The standard InChI is InChI=1S/C26H29N5O/c1-29-15-17-30(18-16-29)25-22-19-31(14-12-20-7-3-2-4-8-20)26(28-23(22)11-13-27-25)21-9-5-6-10-24(21)32/h2-11,13,19,26,32H,12,14-18H2,1H3. The van der Waals surface area contributed by atoms with Crippen LogP contribution in [0.5, 0.6) is 5.75 Å². The minimum atomic E-state index is -0.268. The lowest BCUT2D eigenvalue weighted by Gasteiger charge is -2.35. The van der Waals surface area contributed by atoms with E-state index in [9.17, 15) is 5.11 Å². The number of aromatic nitrogens is 1. The van der Waals surface area contributed by atoms with Gasteiger partial charge in [-0.1, -0.05) is 48.5 Å². The van der Waals surface area contributed by atoms with Crippen LogP contribution in [0.15, 0.2) is 71.9 Å². The second-order valence-electron chi connectivity index (χ2n) is 8.52. The number of phenols is 1. The molecule has 1 atom stereocenters. The molecular weight excluding hydrogens is 398 g/mol. The number of phenolic OH excluding ortho intramolecular Hbond substituents is 1. The summed E-state index contributed by atoms with van der Waals surface area (Å²) in [5, 5.41) is 12.6. The molecule has 5 rings (SSSR count). The Morgan fingerprint density at radius 3 is 2.47 bits per heavy atom. The third-order valence-corrected chi connectivity index (χ3v) is 6.34. The van der Waals surface area contributed by atoms with Gasteiger partial charge in [-0.05, 0) is 31.2 Å². The average Bonchev–Trinajstić information content (AvgIpc) is 2.83. The van der Waals surface area contributed by atoms with Crippen LogP contribution >= 0.6 is 0 Å². The van der Waals surface area contributed by atoms with E-state index in [1.165, 1.54) is 5.56 Å². The Bertz CT molecular complexity index is 1190. The Morgan fingerprint density at radius 2 is 1.69 bits per heavy atom. The molecule has 2 aliphatic heterocycles. The second kappa shape index (κ2) is 9.01. The molecule has 1 saturated heterocycles. The van der Waals surface area contributed by atoms with E-state index in [0.717, 1.165) is 61.1 Å². The van der Waals surface area contributed by atoms with Crippen molar-refractivity contribution in [3.8, 4) is 5.75 Å². The molecule has 2 aliphatic rings. The first-order valence-electron chi connectivity index (χ1n) is 11.2. The topological polar surface area (TPSA) is 55.2 Å². The molecule has 6 nitrogen and oxygen atoms in total. The molecule has 3 aromatic rings. The van der Waals surface area contributed by atoms with Crippen molar-refractivity contribution in [3.63, 3.8) is 0 Å². The molecule has 0 aliphatic carbocycles. The molecule has 0 spiro atoms. The van der Waals surface area contributed by atoms with Gasteiger partial charge in [-0.3, -0.25) is 4.99 Å². The van der Waals surface area contributed by atoms with Gasteiger partial charge in [0.05, 0.1) is 10.6 Å². The summed E-state index contributed by atoms with van der Waals surface area (Å²) in [7, 11) is 2.16. The number of para-hydroxylation sites is 1. The molecule has 0 amide bonds. The summed E-state index contributed by atoms with van der Waals surface area (Å²) in [6.45, 7) is 4.77. The zero-order valence-corrected chi connectivity index (χ0v) is 18.4. The first-order chi connectivity index (χ1) is 15.7. The minimum absolute atomic E-state index is 0.268. The van der Waals surface area contributed by atoms with Gasteiger partial charge in [-0.25, -0.2) is 4.98 Å². The Morgan fingerprint density at radius 1 is 0.938 bits per heavy atom. The summed E-state index contributed by atoms with van der Waals surface area (Å²) in [5.74, 6) is 1.27. The van der Waals surface area contributed by atoms with Crippen molar-refractivity contribution in [2.45, 2.75) is 12.6 Å². The fraction of sp³-hybridized carbons (Fsp3) is 0.308. The van der Waals surface area contributed by atoms with Gasteiger partial charge < -0.3 is 19.8 Å². The molecule has 1 N–H and O–H groups in total. The summed E-state index contributed by atoms with van der Waals surface area (Å²) in [4.78, 5) is 16.8. The molecule has 0 bridgehead atoms. The van der Waals surface area contributed by atoms with Crippen molar-refractivity contribution < 1.29 is 5.11 Å². The summed E-state index contributed by atoms with van der Waals surface area (Å²) in [6, 6.07) is 20.0. The van der Waals surface area contributed by atoms with E-state index >= 15 is 0 Å². The summed E-state index contributed by atoms with van der Waals surface area (Å²) >= 11 is 0. The van der Waals surface area contributed by atoms with Crippen molar-refractivity contribution >= 4 is 12.0 Å². The van der Waals surface area contributed by atoms with Crippen LogP contribution in [0, 0.1) is 0 Å². The number of likely N-dealkylation sites (N-methyl/N-ethyl adjacent to an activating group) is 1. The smallest absolute Gasteiger partial charge is 0.151 e. The number of pyridine rings is 1. The molecule has 1 fully saturated rings. The maximum absolute atomic E-state index is 10.6. The van der Waals surface area contributed by atoms with Gasteiger partial charge in [-0.15, -0.1) is 0 Å². The van der Waals surface area contributed by atoms with E-state index in [1.807, 2.05) is 36.5 Å². The molecule has 1 aromatic heterocycles. The van der Waals surface area contributed by atoms with Gasteiger partial charge in [-0.2, -0.15) is 0 Å². The zero-order valence-electron chi connectivity index (χ0n) is 18.4. The number of benzene rings is 2. The predicted molar refractivity (Wildman–Crippen MR) is 127 cm³/mol. The van der Waals surface area contributed by atoms with Crippen molar-refractivity contribution in [2.24, 2.45) is 4.99 Å². The van der Waals surface area contributed by atoms with Crippen LogP contribution in [0.2, 0.25) is 0 Å². The van der Waals surface area contributed by atoms with Crippen molar-refractivity contribution in [1.82, 2.24) is 14.8 Å². The lowest BCUT2D eigenvalue weighted by molar-refractivity contribution is 0.299. The van der Waals surface area contributed by atoms with Gasteiger partial charge in [0, 0.05) is 50.7 Å². The number of anilines is 1. The monoisotopic (exact) mass is 427 g/mol. The molecule has 32 heavy (non-hydrogen) atoms. The maximum atomic E-state index is 10.6. The number of nitrogens with zero attached hydrogens (tertiary/aromatic N) is 5. The fourth-order valence-corrected chi connectivity index (χ4v) is 4.45. The number of piperazine rings is 1. The van der Waals surface area contributed by atoms with Gasteiger partial charge in [0.25, 0.3) is 0 Å². The van der Waals surface area contributed by atoms with E-state index in [0.29, 0.717) is 0 Å². The van der Waals surface area contributed by atoms with Gasteiger partial charge in [0.15, 0.2) is 6.17 Å². The van der Waals surface area contributed by atoms with Crippen molar-refractivity contribution in [3.05, 3.63) is 88.6 Å². The summed E-state index contributed by atoms with van der Waals surface area (Å²) in [6.07, 6.45) is 4.68. The van der Waals surface area contributed by atoms with Gasteiger partial charge in [0.2, 0.25) is 0 Å². The molecule has 0 radical (unpaired) electrons. The van der Waals surface area contributed by atoms with Crippen molar-refractivity contribution in [1.29, 1.82) is 0 Å². The van der Waals surface area contributed by atoms with Crippen LogP contribution in [0.25, 0.3) is 6.20 Å². The SMILES string of the molecule is CN1CCN(c2nccc3c2=CN(CCc2ccccc2)C(c2ccccc2O)N=3)CC1. The number of rotatable bonds is 5. The van der Waals surface area contributed by atoms with E-state index in [2.05, 4.69) is 52.2 Å². The van der Waals surface area contributed by atoms with E-state index in [-0.39, 0.29) is 11.9 Å². The van der Waals surface area contributed by atoms with Gasteiger partial charge in [0.1, 0.15) is 11.6 Å². The summed E-state index contributed by atoms with van der Waals surface area (Å²) in [5.41, 5.74) is 2.11. The maximum Gasteiger partial charge on any atom is 0.151 e. The van der Waals surface area contributed by atoms with Crippen LogP contribution < -0.4 is 15.5 Å². The molecule has 3 heterocycles. The third-order valence-electron chi connectivity index (χ3n) is 6.34. The highest BCUT2D eigenvalue weighted by atomic mass is 16.3. The first kappa shape index (κ1) is 20.5. The Labute approximate surface area is 188 Å². The first-order valence-corrected chi connectivity index (χ1v) is 11.2. The molecule has 0 saturated carbocycles. The highest BCUT2D eigenvalue weighted by Gasteiger charge is 2.24. The lowest BCUT2D eigenvalue weighted by Crippen LogP contribution is -2.49. The quantitative estimate of drug-likeness (QED) is 0.676. The number of hydrogen-bond acceptors (Lipinski definition) is 6. The fourth-order valence-electron chi connectivity index (χ4n) is 4.45.